The Morgan fingerprint density at radius 1 is 1.21 bits per heavy atom. The average molecular weight is 247 g/mol. The highest BCUT2D eigenvalue weighted by molar-refractivity contribution is 9.10. The van der Waals surface area contributed by atoms with Crippen LogP contribution in [-0.2, 0) is 0 Å². The Labute approximate surface area is 90.5 Å². The molecule has 0 aliphatic carbocycles. The van der Waals surface area contributed by atoms with E-state index < -0.39 is 0 Å². The zero-order valence-corrected chi connectivity index (χ0v) is 8.90. The Kier molecular flexibility index (Phi) is 2.38. The van der Waals surface area contributed by atoms with E-state index in [0.717, 1.165) is 10.2 Å². The first-order valence-corrected chi connectivity index (χ1v) is 4.93. The lowest BCUT2D eigenvalue weighted by Gasteiger charge is -2.05. The van der Waals surface area contributed by atoms with Crippen LogP contribution < -0.4 is 0 Å². The van der Waals surface area contributed by atoms with Crippen molar-refractivity contribution in [1.82, 2.24) is 4.57 Å². The quantitative estimate of drug-likeness (QED) is 0.761. The van der Waals surface area contributed by atoms with Crippen molar-refractivity contribution in [2.45, 2.75) is 0 Å². The Bertz CT molecular complexity index is 480. The second-order valence-corrected chi connectivity index (χ2v) is 3.78. The van der Waals surface area contributed by atoms with Gasteiger partial charge in [-0.2, -0.15) is 5.26 Å². The molecule has 2 aromatic rings. The van der Waals surface area contributed by atoms with Gasteiger partial charge in [0.05, 0.1) is 11.3 Å². The maximum absolute atomic E-state index is 8.93. The summed E-state index contributed by atoms with van der Waals surface area (Å²) < 4.78 is 2.89. The van der Waals surface area contributed by atoms with Crippen molar-refractivity contribution in [3.8, 4) is 11.8 Å². The minimum Gasteiger partial charge on any atom is -0.323 e. The lowest BCUT2D eigenvalue weighted by atomic mass is 10.2. The monoisotopic (exact) mass is 246 g/mol. The van der Waals surface area contributed by atoms with Crippen LogP contribution in [0, 0.1) is 11.3 Å². The zero-order chi connectivity index (χ0) is 9.97. The van der Waals surface area contributed by atoms with E-state index in [0.29, 0.717) is 5.56 Å². The van der Waals surface area contributed by atoms with Crippen molar-refractivity contribution in [3.63, 3.8) is 0 Å². The van der Waals surface area contributed by atoms with Crippen molar-refractivity contribution in [1.29, 1.82) is 5.26 Å². The molecule has 0 atom stereocenters. The molecule has 0 unspecified atom stereocenters. The molecule has 1 aromatic carbocycles. The molecule has 1 aromatic heterocycles. The summed E-state index contributed by atoms with van der Waals surface area (Å²) in [5, 5.41) is 8.93. The van der Waals surface area contributed by atoms with Gasteiger partial charge in [0.1, 0.15) is 6.07 Å². The molecule has 2 nitrogen and oxygen atoms in total. The SMILES string of the molecule is N#Cc1ccc(Br)cc1-n1cccc1. The summed E-state index contributed by atoms with van der Waals surface area (Å²) in [6.45, 7) is 0. The van der Waals surface area contributed by atoms with E-state index in [4.69, 9.17) is 5.26 Å². The molecule has 0 spiro atoms. The fourth-order valence-electron chi connectivity index (χ4n) is 1.31. The van der Waals surface area contributed by atoms with E-state index in [1.807, 2.05) is 41.2 Å². The first kappa shape index (κ1) is 9.04. The van der Waals surface area contributed by atoms with Crippen molar-refractivity contribution in [2.75, 3.05) is 0 Å². The maximum Gasteiger partial charge on any atom is 0.101 e. The average Bonchev–Trinajstić information content (AvgIpc) is 2.70. The predicted octanol–water partition coefficient (Wildman–Crippen LogP) is 3.11. The van der Waals surface area contributed by atoms with Crippen molar-refractivity contribution < 1.29 is 0 Å². The van der Waals surface area contributed by atoms with E-state index in [1.165, 1.54) is 0 Å². The number of hydrogen-bond donors (Lipinski definition) is 0. The van der Waals surface area contributed by atoms with Gasteiger partial charge in [0.15, 0.2) is 0 Å². The van der Waals surface area contributed by atoms with Crippen molar-refractivity contribution >= 4 is 15.9 Å². The summed E-state index contributed by atoms with van der Waals surface area (Å²) in [7, 11) is 0. The molecule has 0 bridgehead atoms. The van der Waals surface area contributed by atoms with Gasteiger partial charge >= 0.3 is 0 Å². The van der Waals surface area contributed by atoms with E-state index in [9.17, 15) is 0 Å². The predicted molar refractivity (Wildman–Crippen MR) is 58.2 cm³/mol. The third kappa shape index (κ3) is 1.57. The Morgan fingerprint density at radius 3 is 2.57 bits per heavy atom. The van der Waals surface area contributed by atoms with Crippen LogP contribution in [0.25, 0.3) is 5.69 Å². The molecular weight excluding hydrogens is 240 g/mol. The molecule has 0 saturated heterocycles. The second-order valence-electron chi connectivity index (χ2n) is 2.86. The molecule has 1 heterocycles. The Balaban J connectivity index is 2.63. The van der Waals surface area contributed by atoms with Crippen LogP contribution in [0.15, 0.2) is 47.2 Å². The van der Waals surface area contributed by atoms with Crippen LogP contribution in [0.4, 0.5) is 0 Å². The molecule has 2 rings (SSSR count). The number of benzene rings is 1. The highest BCUT2D eigenvalue weighted by Crippen LogP contribution is 2.19. The molecule has 0 amide bonds. The minimum atomic E-state index is 0.671. The molecule has 0 N–H and O–H groups in total. The molecule has 68 valence electrons. The molecule has 0 saturated carbocycles. The molecule has 0 aliphatic heterocycles. The van der Waals surface area contributed by atoms with Crippen LogP contribution in [0.3, 0.4) is 0 Å². The number of halogens is 1. The number of nitriles is 1. The lowest BCUT2D eigenvalue weighted by Crippen LogP contribution is -1.93. The van der Waals surface area contributed by atoms with Crippen LogP contribution in [0.5, 0.6) is 0 Å². The molecule has 0 radical (unpaired) electrons. The van der Waals surface area contributed by atoms with Gasteiger partial charge in [-0.25, -0.2) is 0 Å². The Hall–Kier alpha value is -1.53. The van der Waals surface area contributed by atoms with Crippen LogP contribution in [0.1, 0.15) is 5.56 Å². The summed E-state index contributed by atoms with van der Waals surface area (Å²) in [5.74, 6) is 0. The Morgan fingerprint density at radius 2 is 1.93 bits per heavy atom. The van der Waals surface area contributed by atoms with Gasteiger partial charge < -0.3 is 4.57 Å². The maximum atomic E-state index is 8.93. The van der Waals surface area contributed by atoms with Gasteiger partial charge in [0.2, 0.25) is 0 Å². The largest absolute Gasteiger partial charge is 0.323 e. The summed E-state index contributed by atoms with van der Waals surface area (Å²) in [6, 6.07) is 11.6. The fourth-order valence-corrected chi connectivity index (χ4v) is 1.66. The van der Waals surface area contributed by atoms with E-state index in [2.05, 4.69) is 22.0 Å². The molecular formula is C11H7BrN2. The van der Waals surface area contributed by atoms with Gasteiger partial charge in [-0.05, 0) is 30.3 Å². The molecule has 0 fully saturated rings. The number of nitrogens with zero attached hydrogens (tertiary/aromatic N) is 2. The zero-order valence-electron chi connectivity index (χ0n) is 7.31. The van der Waals surface area contributed by atoms with Gasteiger partial charge in [-0.1, -0.05) is 15.9 Å². The topological polar surface area (TPSA) is 28.7 Å². The van der Waals surface area contributed by atoms with Crippen molar-refractivity contribution in [2.24, 2.45) is 0 Å². The van der Waals surface area contributed by atoms with Gasteiger partial charge in [-0.15, -0.1) is 0 Å². The number of rotatable bonds is 1. The van der Waals surface area contributed by atoms with Crippen LogP contribution >= 0.6 is 15.9 Å². The third-order valence-electron chi connectivity index (χ3n) is 1.96. The highest BCUT2D eigenvalue weighted by Gasteiger charge is 2.03. The standard InChI is InChI=1S/C11H7BrN2/c12-10-4-3-9(8-13)11(7-10)14-5-1-2-6-14/h1-7H. The highest BCUT2D eigenvalue weighted by atomic mass is 79.9. The first-order valence-electron chi connectivity index (χ1n) is 4.14. The number of aromatic nitrogens is 1. The summed E-state index contributed by atoms with van der Waals surface area (Å²) in [5.41, 5.74) is 1.57. The van der Waals surface area contributed by atoms with E-state index in [1.54, 1.807) is 6.07 Å². The first-order chi connectivity index (χ1) is 6.81. The van der Waals surface area contributed by atoms with Crippen LogP contribution in [0.2, 0.25) is 0 Å². The summed E-state index contributed by atoms with van der Waals surface area (Å²) >= 11 is 3.39. The fraction of sp³-hybridized carbons (Fsp3) is 0. The van der Waals surface area contributed by atoms with Gasteiger partial charge in [0.25, 0.3) is 0 Å². The molecule has 3 heteroatoms. The number of hydrogen-bond acceptors (Lipinski definition) is 1. The minimum absolute atomic E-state index is 0.671. The van der Waals surface area contributed by atoms with Crippen LogP contribution in [-0.4, -0.2) is 4.57 Å². The molecule has 0 aliphatic rings. The van der Waals surface area contributed by atoms with E-state index in [-0.39, 0.29) is 0 Å². The summed E-state index contributed by atoms with van der Waals surface area (Å²) in [4.78, 5) is 0. The third-order valence-corrected chi connectivity index (χ3v) is 2.46. The smallest absolute Gasteiger partial charge is 0.101 e. The normalized spacial score (nSPS) is 9.71. The second kappa shape index (κ2) is 3.69. The van der Waals surface area contributed by atoms with Crippen molar-refractivity contribution in [3.05, 3.63) is 52.8 Å². The van der Waals surface area contributed by atoms with Gasteiger partial charge in [-0.3, -0.25) is 0 Å². The van der Waals surface area contributed by atoms with E-state index >= 15 is 0 Å². The lowest BCUT2D eigenvalue weighted by molar-refractivity contribution is 1.07. The summed E-state index contributed by atoms with van der Waals surface area (Å²) in [6.07, 6.45) is 3.84. The van der Waals surface area contributed by atoms with Gasteiger partial charge in [0, 0.05) is 16.9 Å². The molecule has 14 heavy (non-hydrogen) atoms.